The van der Waals surface area contributed by atoms with Gasteiger partial charge in [-0.15, -0.1) is 0 Å². The fraction of sp³-hybridized carbons (Fsp3) is 0.600. The van der Waals surface area contributed by atoms with Crippen molar-refractivity contribution in [3.8, 4) is 0 Å². The molecule has 1 spiro atoms. The minimum Gasteiger partial charge on any atom is -0.381 e. The molecular weight excluding hydrogens is 210 g/mol. The highest BCUT2D eigenvalue weighted by Gasteiger charge is 2.43. The van der Waals surface area contributed by atoms with Crippen molar-refractivity contribution < 1.29 is 4.74 Å². The first-order chi connectivity index (χ1) is 8.15. The van der Waals surface area contributed by atoms with Gasteiger partial charge in [0, 0.05) is 37.4 Å². The molecule has 0 radical (unpaired) electrons. The molecule has 0 unspecified atom stereocenters. The molecule has 0 aliphatic carbocycles. The lowest BCUT2D eigenvalue weighted by molar-refractivity contribution is -0.0647. The van der Waals surface area contributed by atoms with Gasteiger partial charge in [0.1, 0.15) is 0 Å². The maximum absolute atomic E-state index is 5.43. The van der Waals surface area contributed by atoms with Crippen molar-refractivity contribution in [2.24, 2.45) is 5.41 Å². The second-order valence-corrected chi connectivity index (χ2v) is 5.33. The summed E-state index contributed by atoms with van der Waals surface area (Å²) < 4.78 is 5.43. The monoisotopic (exact) mass is 233 g/mol. The average Bonchev–Trinajstić information content (AvgIpc) is 2.33. The molecule has 0 aromatic rings. The molecule has 2 rings (SSSR count). The topological polar surface area (TPSA) is 12.5 Å². The average molecular weight is 233 g/mol. The smallest absolute Gasteiger partial charge is 0.0472 e. The van der Waals surface area contributed by atoms with Crippen LogP contribution in [0.25, 0.3) is 0 Å². The van der Waals surface area contributed by atoms with E-state index in [0.717, 1.165) is 32.0 Å². The van der Waals surface area contributed by atoms with Gasteiger partial charge in [-0.2, -0.15) is 0 Å². The molecule has 2 aliphatic heterocycles. The Morgan fingerprint density at radius 2 is 1.88 bits per heavy atom. The number of nitrogens with zero attached hydrogens (tertiary/aromatic N) is 1. The van der Waals surface area contributed by atoms with Gasteiger partial charge in [0.2, 0.25) is 0 Å². The Morgan fingerprint density at radius 1 is 1.24 bits per heavy atom. The summed E-state index contributed by atoms with van der Waals surface area (Å²) in [6, 6.07) is 0. The summed E-state index contributed by atoms with van der Waals surface area (Å²) in [4.78, 5) is 2.38. The molecule has 2 nitrogen and oxygen atoms in total. The molecule has 2 heteroatoms. The number of ether oxygens (including phenoxy) is 1. The van der Waals surface area contributed by atoms with Crippen molar-refractivity contribution in [1.29, 1.82) is 0 Å². The van der Waals surface area contributed by atoms with Gasteiger partial charge in [-0.05, 0) is 32.8 Å². The van der Waals surface area contributed by atoms with Crippen LogP contribution in [0.2, 0.25) is 0 Å². The third kappa shape index (κ3) is 2.81. The molecule has 2 saturated heterocycles. The van der Waals surface area contributed by atoms with Crippen LogP contribution in [0.1, 0.15) is 26.7 Å². The van der Waals surface area contributed by atoms with Crippen molar-refractivity contribution in [2.75, 3.05) is 26.3 Å². The maximum atomic E-state index is 5.43. The molecule has 17 heavy (non-hydrogen) atoms. The van der Waals surface area contributed by atoms with Gasteiger partial charge >= 0.3 is 0 Å². The summed E-state index contributed by atoms with van der Waals surface area (Å²) in [6.07, 6.45) is 8.81. The first-order valence-corrected chi connectivity index (χ1v) is 6.48. The van der Waals surface area contributed by atoms with Crippen LogP contribution in [0.3, 0.4) is 0 Å². The van der Waals surface area contributed by atoms with Gasteiger partial charge in [-0.1, -0.05) is 24.3 Å². The minimum absolute atomic E-state index is 0.532. The van der Waals surface area contributed by atoms with Crippen LogP contribution in [-0.4, -0.2) is 31.2 Å². The van der Waals surface area contributed by atoms with Crippen LogP contribution in [0.4, 0.5) is 0 Å². The lowest BCUT2D eigenvalue weighted by Gasteiger charge is -2.53. The SMILES string of the molecule is C=C(/C=C\C(C)=C/C)N1CC2(CCOCC2)C1. The van der Waals surface area contributed by atoms with Gasteiger partial charge in [-0.3, -0.25) is 0 Å². The van der Waals surface area contributed by atoms with Gasteiger partial charge in [0.25, 0.3) is 0 Å². The lowest BCUT2D eigenvalue weighted by Crippen LogP contribution is -2.57. The van der Waals surface area contributed by atoms with E-state index in [0.29, 0.717) is 5.41 Å². The number of allylic oxidation sites excluding steroid dienone is 4. The molecule has 2 aliphatic rings. The quantitative estimate of drug-likeness (QED) is 0.694. The zero-order chi connectivity index (χ0) is 12.3. The Balaban J connectivity index is 1.82. The molecule has 0 N–H and O–H groups in total. The van der Waals surface area contributed by atoms with E-state index in [4.69, 9.17) is 4.74 Å². The summed E-state index contributed by atoms with van der Waals surface area (Å²) >= 11 is 0. The van der Waals surface area contributed by atoms with Crippen molar-refractivity contribution in [3.63, 3.8) is 0 Å². The highest BCUT2D eigenvalue weighted by atomic mass is 16.5. The van der Waals surface area contributed by atoms with Crippen LogP contribution >= 0.6 is 0 Å². The first-order valence-electron chi connectivity index (χ1n) is 6.48. The summed E-state index contributed by atoms with van der Waals surface area (Å²) in [5.74, 6) is 0. The van der Waals surface area contributed by atoms with Gasteiger partial charge in [0.05, 0.1) is 0 Å². The molecule has 0 bridgehead atoms. The molecule has 0 saturated carbocycles. The number of rotatable bonds is 3. The summed E-state index contributed by atoms with van der Waals surface area (Å²) in [5, 5.41) is 0. The third-order valence-electron chi connectivity index (χ3n) is 4.01. The normalized spacial score (nSPS) is 24.1. The highest BCUT2D eigenvalue weighted by molar-refractivity contribution is 5.25. The molecule has 0 amide bonds. The largest absolute Gasteiger partial charge is 0.381 e. The van der Waals surface area contributed by atoms with Crippen LogP contribution in [0.5, 0.6) is 0 Å². The first kappa shape index (κ1) is 12.4. The Kier molecular flexibility index (Phi) is 3.72. The Hall–Kier alpha value is -1.02. The summed E-state index contributed by atoms with van der Waals surface area (Å²) in [7, 11) is 0. The predicted octanol–water partition coefficient (Wildman–Crippen LogP) is 3.13. The number of hydrogen-bond donors (Lipinski definition) is 0. The summed E-state index contributed by atoms with van der Waals surface area (Å²) in [6.45, 7) is 12.5. The van der Waals surface area contributed by atoms with Gasteiger partial charge in [-0.25, -0.2) is 0 Å². The van der Waals surface area contributed by atoms with Crippen LogP contribution in [0.15, 0.2) is 36.1 Å². The zero-order valence-corrected chi connectivity index (χ0v) is 11.0. The standard InChI is InChI=1S/C15H23NO/c1-4-13(2)5-6-14(3)16-11-15(12-16)7-9-17-10-8-15/h4-6H,3,7-12H2,1-2H3/b6-5-,13-4-. The van der Waals surface area contributed by atoms with Crippen LogP contribution in [-0.2, 0) is 4.74 Å². The van der Waals surface area contributed by atoms with Gasteiger partial charge in [0.15, 0.2) is 0 Å². The van der Waals surface area contributed by atoms with E-state index in [1.807, 2.05) is 0 Å². The third-order valence-corrected chi connectivity index (χ3v) is 4.01. The van der Waals surface area contributed by atoms with Crippen molar-refractivity contribution in [1.82, 2.24) is 4.90 Å². The Morgan fingerprint density at radius 3 is 2.47 bits per heavy atom. The van der Waals surface area contributed by atoms with Crippen LogP contribution in [0, 0.1) is 5.41 Å². The molecule has 2 heterocycles. The maximum Gasteiger partial charge on any atom is 0.0472 e. The van der Waals surface area contributed by atoms with Crippen molar-refractivity contribution in [2.45, 2.75) is 26.7 Å². The fourth-order valence-corrected chi connectivity index (χ4v) is 2.52. The predicted molar refractivity (Wildman–Crippen MR) is 71.8 cm³/mol. The van der Waals surface area contributed by atoms with E-state index >= 15 is 0 Å². The highest BCUT2D eigenvalue weighted by Crippen LogP contribution is 2.41. The van der Waals surface area contributed by atoms with E-state index < -0.39 is 0 Å². The van der Waals surface area contributed by atoms with E-state index in [1.165, 1.54) is 18.4 Å². The molecule has 0 aromatic carbocycles. The Labute approximate surface area is 105 Å². The van der Waals surface area contributed by atoms with Gasteiger partial charge < -0.3 is 9.64 Å². The number of hydrogen-bond acceptors (Lipinski definition) is 2. The minimum atomic E-state index is 0.532. The van der Waals surface area contributed by atoms with E-state index in [1.54, 1.807) is 0 Å². The molecule has 94 valence electrons. The second kappa shape index (κ2) is 5.09. The zero-order valence-electron chi connectivity index (χ0n) is 11.0. The van der Waals surface area contributed by atoms with E-state index in [9.17, 15) is 0 Å². The van der Waals surface area contributed by atoms with Crippen molar-refractivity contribution >= 4 is 0 Å². The number of likely N-dealkylation sites (tertiary alicyclic amines) is 1. The summed E-state index contributed by atoms with van der Waals surface area (Å²) in [5.41, 5.74) is 2.96. The van der Waals surface area contributed by atoms with E-state index in [2.05, 4.69) is 43.6 Å². The lowest BCUT2D eigenvalue weighted by atomic mass is 9.73. The van der Waals surface area contributed by atoms with E-state index in [-0.39, 0.29) is 0 Å². The molecule has 0 aromatic heterocycles. The second-order valence-electron chi connectivity index (χ2n) is 5.33. The molecular formula is C15H23NO. The molecule has 0 atom stereocenters. The van der Waals surface area contributed by atoms with Crippen LogP contribution < -0.4 is 0 Å². The fourth-order valence-electron chi connectivity index (χ4n) is 2.52. The Bertz CT molecular complexity index is 340. The van der Waals surface area contributed by atoms with Crippen molar-refractivity contribution in [3.05, 3.63) is 36.1 Å². The molecule has 2 fully saturated rings.